The molecule has 4 atom stereocenters. The monoisotopic (exact) mass is 496 g/mol. The van der Waals surface area contributed by atoms with Crippen LogP contribution in [0.4, 0.5) is 17.1 Å². The second-order valence-electron chi connectivity index (χ2n) is 9.42. The normalized spacial score (nSPS) is 28.9. The van der Waals surface area contributed by atoms with Gasteiger partial charge in [-0.15, -0.1) is 0 Å². The van der Waals surface area contributed by atoms with Gasteiger partial charge in [0, 0.05) is 23.7 Å². The van der Waals surface area contributed by atoms with E-state index >= 15 is 0 Å². The number of aryl methyl sites for hydroxylation is 1. The van der Waals surface area contributed by atoms with Gasteiger partial charge >= 0.3 is 0 Å². The number of hydrogen-bond acceptors (Lipinski definition) is 7. The Bertz CT molecular complexity index is 1360. The van der Waals surface area contributed by atoms with Gasteiger partial charge in [-0.3, -0.25) is 29.4 Å². The van der Waals surface area contributed by atoms with Gasteiger partial charge in [0.1, 0.15) is 17.0 Å². The van der Waals surface area contributed by atoms with Crippen LogP contribution >= 0.6 is 11.6 Å². The zero-order chi connectivity index (χ0) is 24.8. The van der Waals surface area contributed by atoms with Gasteiger partial charge in [0.2, 0.25) is 11.8 Å². The number of methoxy groups -OCH3 is 1. The summed E-state index contributed by atoms with van der Waals surface area (Å²) in [5.74, 6) is -3.05. The smallest absolute Gasteiger partial charge is 0.271 e. The van der Waals surface area contributed by atoms with Crippen molar-refractivity contribution < 1.29 is 24.0 Å². The first kappa shape index (κ1) is 22.0. The highest BCUT2D eigenvalue weighted by Gasteiger charge is 2.75. The Balaban J connectivity index is 1.57. The van der Waals surface area contributed by atoms with Crippen molar-refractivity contribution in [3.05, 3.63) is 56.6 Å². The molecule has 3 amide bonds. The van der Waals surface area contributed by atoms with E-state index in [9.17, 15) is 24.5 Å². The molecule has 2 aromatic carbocycles. The van der Waals surface area contributed by atoms with Crippen molar-refractivity contribution in [3.63, 3.8) is 0 Å². The van der Waals surface area contributed by atoms with Crippen molar-refractivity contribution in [2.45, 2.75) is 31.3 Å². The minimum Gasteiger partial charge on any atom is -0.495 e. The predicted molar refractivity (Wildman–Crippen MR) is 125 cm³/mol. The van der Waals surface area contributed by atoms with Crippen LogP contribution in [0, 0.1) is 28.9 Å². The third kappa shape index (κ3) is 2.61. The molecule has 4 aliphatic heterocycles. The summed E-state index contributed by atoms with van der Waals surface area (Å²) < 4.78 is 5.35. The number of halogens is 1. The number of rotatable bonds is 3. The fourth-order valence-corrected chi connectivity index (χ4v) is 6.92. The van der Waals surface area contributed by atoms with Crippen molar-refractivity contribution in [3.8, 4) is 5.75 Å². The van der Waals surface area contributed by atoms with E-state index < -0.39 is 34.1 Å². The van der Waals surface area contributed by atoms with Gasteiger partial charge in [0.05, 0.1) is 34.6 Å². The van der Waals surface area contributed by atoms with E-state index in [0.29, 0.717) is 29.2 Å². The van der Waals surface area contributed by atoms with E-state index in [4.69, 9.17) is 16.3 Å². The third-order valence-electron chi connectivity index (χ3n) is 7.81. The van der Waals surface area contributed by atoms with Gasteiger partial charge in [-0.2, -0.15) is 0 Å². The van der Waals surface area contributed by atoms with Crippen LogP contribution in [0.25, 0.3) is 0 Å². The average Bonchev–Trinajstić information content (AvgIpc) is 3.52. The number of carbonyl (C=O) groups is 3. The number of anilines is 2. The molecule has 4 heterocycles. The molecule has 6 rings (SSSR count). The molecule has 180 valence electrons. The molecular weight excluding hydrogens is 476 g/mol. The lowest BCUT2D eigenvalue weighted by Crippen LogP contribution is -2.54. The molecule has 0 unspecified atom stereocenters. The number of amides is 3. The van der Waals surface area contributed by atoms with Gasteiger partial charge < -0.3 is 10.1 Å². The maximum Gasteiger partial charge on any atom is 0.271 e. The molecular formula is C24H21ClN4O6. The summed E-state index contributed by atoms with van der Waals surface area (Å²) in [6, 6.07) is 7.06. The zero-order valence-corrected chi connectivity index (χ0v) is 19.7. The topological polar surface area (TPSA) is 122 Å². The van der Waals surface area contributed by atoms with Gasteiger partial charge in [-0.1, -0.05) is 17.7 Å². The second-order valence-corrected chi connectivity index (χ2v) is 9.83. The minimum atomic E-state index is -1.38. The molecule has 3 fully saturated rings. The van der Waals surface area contributed by atoms with E-state index in [-0.39, 0.29) is 29.1 Å². The first-order chi connectivity index (χ1) is 16.7. The van der Waals surface area contributed by atoms with Gasteiger partial charge in [-0.25, -0.2) is 4.90 Å². The number of fused-ring (bicyclic) bond motifs is 7. The van der Waals surface area contributed by atoms with Crippen LogP contribution in [0.3, 0.4) is 0 Å². The lowest BCUT2D eigenvalue weighted by molar-refractivity contribution is -0.384. The first-order valence-electron chi connectivity index (χ1n) is 11.3. The summed E-state index contributed by atoms with van der Waals surface area (Å²) in [6.07, 6.45) is 1.43. The van der Waals surface area contributed by atoms with E-state index in [2.05, 4.69) is 5.32 Å². The summed E-state index contributed by atoms with van der Waals surface area (Å²) in [6.45, 7) is 2.43. The number of imide groups is 1. The Kier molecular flexibility index (Phi) is 4.56. The molecule has 3 saturated heterocycles. The fraction of sp³-hybridized carbons (Fsp3) is 0.375. The van der Waals surface area contributed by atoms with Crippen molar-refractivity contribution in [1.82, 2.24) is 4.90 Å². The molecule has 0 saturated carbocycles. The highest BCUT2D eigenvalue weighted by atomic mass is 35.5. The van der Waals surface area contributed by atoms with Gasteiger partial charge in [-0.05, 0) is 44.0 Å². The number of ether oxygens (including phenoxy) is 1. The minimum absolute atomic E-state index is 0.00620. The third-order valence-corrected chi connectivity index (χ3v) is 8.11. The summed E-state index contributed by atoms with van der Waals surface area (Å²) in [4.78, 5) is 55.5. The molecule has 0 bridgehead atoms. The SMILES string of the molecule is COc1ccc([N+](=O)[O-])cc1N1C(=O)[C@@H]2[C@H]3CCCN3[C@@]3(C(=O)Nc4c(Cl)cc(C)cc43)[C@H]2C1=O. The van der Waals surface area contributed by atoms with Crippen LogP contribution < -0.4 is 15.0 Å². The number of benzene rings is 2. The molecule has 4 aliphatic rings. The molecule has 0 aliphatic carbocycles. The van der Waals surface area contributed by atoms with Crippen LogP contribution in [0.5, 0.6) is 5.75 Å². The van der Waals surface area contributed by atoms with Crippen LogP contribution in [-0.4, -0.2) is 47.2 Å². The van der Waals surface area contributed by atoms with E-state index in [1.807, 2.05) is 17.9 Å². The number of nitrogens with zero attached hydrogens (tertiary/aromatic N) is 3. The molecule has 1 spiro atoms. The average molecular weight is 497 g/mol. The number of carbonyl (C=O) groups excluding carboxylic acids is 3. The lowest BCUT2D eigenvalue weighted by Gasteiger charge is -2.36. The molecule has 0 radical (unpaired) electrons. The largest absolute Gasteiger partial charge is 0.495 e. The van der Waals surface area contributed by atoms with Crippen molar-refractivity contribution in [2.75, 3.05) is 23.9 Å². The van der Waals surface area contributed by atoms with Gasteiger partial charge in [0.15, 0.2) is 0 Å². The van der Waals surface area contributed by atoms with E-state index in [1.165, 1.54) is 25.3 Å². The number of nitro groups is 1. The summed E-state index contributed by atoms with van der Waals surface area (Å²) >= 11 is 6.49. The number of hydrogen-bond donors (Lipinski definition) is 1. The van der Waals surface area contributed by atoms with Crippen LogP contribution in [0.15, 0.2) is 30.3 Å². The van der Waals surface area contributed by atoms with Crippen LogP contribution in [0.1, 0.15) is 24.0 Å². The molecule has 0 aromatic heterocycles. The number of nitro benzene ring substituents is 1. The number of non-ortho nitro benzene ring substituents is 1. The van der Waals surface area contributed by atoms with Crippen molar-refractivity contribution in [1.29, 1.82) is 0 Å². The standard InChI is InChI=1S/C24H21ClN4O6/c1-11-8-13-20(14(25)9-11)26-23(32)24(13)19-18(15-4-3-7-27(15)24)21(30)28(22(19)31)16-10-12(29(33)34)5-6-17(16)35-2/h5-6,8-10,15,18-19H,3-4,7H2,1-2H3,(H,26,32)/t15-,18-,19-,24-/m1/s1. The zero-order valence-electron chi connectivity index (χ0n) is 18.9. The molecule has 2 aromatic rings. The lowest BCUT2D eigenvalue weighted by atomic mass is 9.75. The highest BCUT2D eigenvalue weighted by Crippen LogP contribution is 2.62. The van der Waals surface area contributed by atoms with Crippen LogP contribution in [-0.2, 0) is 19.9 Å². The Hall–Kier alpha value is -3.50. The molecule has 10 nitrogen and oxygen atoms in total. The quantitative estimate of drug-likeness (QED) is 0.393. The second kappa shape index (κ2) is 7.25. The summed E-state index contributed by atoms with van der Waals surface area (Å²) in [7, 11) is 1.36. The Morgan fingerprint density at radius 2 is 1.97 bits per heavy atom. The summed E-state index contributed by atoms with van der Waals surface area (Å²) in [5, 5.41) is 14.7. The molecule has 1 N–H and O–H groups in total. The van der Waals surface area contributed by atoms with E-state index in [1.54, 1.807) is 6.07 Å². The van der Waals surface area contributed by atoms with Gasteiger partial charge in [0.25, 0.3) is 11.6 Å². The van der Waals surface area contributed by atoms with Crippen LogP contribution in [0.2, 0.25) is 5.02 Å². The maximum absolute atomic E-state index is 14.1. The Morgan fingerprint density at radius 3 is 2.69 bits per heavy atom. The first-order valence-corrected chi connectivity index (χ1v) is 11.7. The summed E-state index contributed by atoms with van der Waals surface area (Å²) in [5.41, 5.74) is 0.236. The molecule has 35 heavy (non-hydrogen) atoms. The Labute approximate surface area is 204 Å². The maximum atomic E-state index is 14.1. The highest BCUT2D eigenvalue weighted by molar-refractivity contribution is 6.35. The number of nitrogens with one attached hydrogen (secondary N) is 1. The van der Waals surface area contributed by atoms with E-state index in [0.717, 1.165) is 16.9 Å². The predicted octanol–water partition coefficient (Wildman–Crippen LogP) is 3.00. The molecule has 11 heteroatoms. The van der Waals surface area contributed by atoms with Crippen molar-refractivity contribution >= 4 is 46.4 Å². The fourth-order valence-electron chi connectivity index (χ4n) is 6.60. The Morgan fingerprint density at radius 1 is 1.20 bits per heavy atom. The van der Waals surface area contributed by atoms with Crippen molar-refractivity contribution in [2.24, 2.45) is 11.8 Å².